The van der Waals surface area contributed by atoms with E-state index in [9.17, 15) is 19.5 Å². The number of aliphatic hydroxyl groups excluding tert-OH is 1. The molecule has 1 unspecified atom stereocenters. The molecular formula is C23H32N2O6. The van der Waals surface area contributed by atoms with Crippen LogP contribution in [0, 0.1) is 11.8 Å². The van der Waals surface area contributed by atoms with Gasteiger partial charge in [0, 0.05) is 25.2 Å². The summed E-state index contributed by atoms with van der Waals surface area (Å²) in [4.78, 5) is 43.8. The Bertz CT molecular complexity index is 815. The van der Waals surface area contributed by atoms with Crippen molar-refractivity contribution < 1.29 is 29.0 Å². The smallest absolute Gasteiger partial charge is 0.312 e. The monoisotopic (exact) mass is 432 g/mol. The molecule has 0 aromatic heterocycles. The van der Waals surface area contributed by atoms with Crippen LogP contribution in [0.15, 0.2) is 24.3 Å². The number of rotatable bonds is 4. The number of carbonyl (C=O) groups is 3. The second-order valence-corrected chi connectivity index (χ2v) is 9.71. The number of likely N-dealkylation sites (tertiary alicyclic amines) is 1. The number of esters is 1. The van der Waals surface area contributed by atoms with Gasteiger partial charge in [-0.15, -0.1) is 0 Å². The highest BCUT2D eigenvalue weighted by atomic mass is 16.6. The average molecular weight is 433 g/mol. The zero-order valence-corrected chi connectivity index (χ0v) is 18.5. The van der Waals surface area contributed by atoms with E-state index in [1.54, 1.807) is 9.80 Å². The Hall–Kier alpha value is -2.19. The van der Waals surface area contributed by atoms with Crippen molar-refractivity contribution in [3.63, 3.8) is 0 Å². The van der Waals surface area contributed by atoms with Crippen molar-refractivity contribution in [3.05, 3.63) is 24.3 Å². The summed E-state index contributed by atoms with van der Waals surface area (Å²) in [6, 6.07) is -0.851. The molecule has 4 rings (SSSR count). The second-order valence-electron chi connectivity index (χ2n) is 9.71. The predicted octanol–water partition coefficient (Wildman–Crippen LogP) is 1.04. The standard InChI is InChI=1S/C23H32N2O6/c1-22(2,3)25-12-8-10-23-17(16-15(31-23)9-4-7-14-30-21(16)29)19(27)24(11-5-6-13-26)18(23)20(25)28/h4,8-10,15-18,26H,5-7,11-14H2,1-3H3/t15-,16+,17+,18?,23+/m1/s1. The molecule has 0 saturated carbocycles. The number of fused-ring (bicyclic) bond motifs is 2. The predicted molar refractivity (Wildman–Crippen MR) is 112 cm³/mol. The normalized spacial score (nSPS) is 35.3. The highest BCUT2D eigenvalue weighted by Crippen LogP contribution is 2.53. The molecule has 1 spiro atoms. The molecule has 4 aliphatic rings. The summed E-state index contributed by atoms with van der Waals surface area (Å²) in [6.07, 6.45) is 8.53. The molecule has 8 nitrogen and oxygen atoms in total. The van der Waals surface area contributed by atoms with Crippen LogP contribution in [-0.2, 0) is 23.9 Å². The van der Waals surface area contributed by atoms with E-state index in [-0.39, 0.29) is 25.0 Å². The second kappa shape index (κ2) is 8.06. The van der Waals surface area contributed by atoms with E-state index in [2.05, 4.69) is 0 Å². The Kier molecular flexibility index (Phi) is 5.72. The molecular weight excluding hydrogens is 400 g/mol. The fourth-order valence-electron chi connectivity index (χ4n) is 5.34. The SMILES string of the molecule is CC(C)(C)N1CC=C[C@]23O[C@@H]4C=CCCOC(=O)[C@@H]4[C@H]2C(=O)N(CCCCO)C3C1=O. The minimum absolute atomic E-state index is 0.0154. The van der Waals surface area contributed by atoms with Crippen LogP contribution in [0.2, 0.25) is 0 Å². The molecule has 0 bridgehead atoms. The third kappa shape index (κ3) is 3.49. The highest BCUT2D eigenvalue weighted by Gasteiger charge is 2.71. The average Bonchev–Trinajstić information content (AvgIpc) is 3.05. The van der Waals surface area contributed by atoms with Crippen molar-refractivity contribution in [2.24, 2.45) is 11.8 Å². The zero-order chi connectivity index (χ0) is 22.4. The number of hydrogen-bond acceptors (Lipinski definition) is 6. The topological polar surface area (TPSA) is 96.4 Å². The fourth-order valence-corrected chi connectivity index (χ4v) is 5.34. The number of ether oxygens (including phenoxy) is 2. The van der Waals surface area contributed by atoms with Gasteiger partial charge in [0.15, 0.2) is 0 Å². The van der Waals surface area contributed by atoms with Crippen molar-refractivity contribution in [3.8, 4) is 0 Å². The number of nitrogens with zero attached hydrogens (tertiary/aromatic N) is 2. The van der Waals surface area contributed by atoms with Crippen LogP contribution >= 0.6 is 0 Å². The Balaban J connectivity index is 1.80. The van der Waals surface area contributed by atoms with Gasteiger partial charge in [-0.25, -0.2) is 0 Å². The fraction of sp³-hybridized carbons (Fsp3) is 0.696. The molecule has 0 aliphatic carbocycles. The lowest BCUT2D eigenvalue weighted by atomic mass is 9.77. The third-order valence-electron chi connectivity index (χ3n) is 6.74. The van der Waals surface area contributed by atoms with Gasteiger partial charge in [-0.2, -0.15) is 0 Å². The summed E-state index contributed by atoms with van der Waals surface area (Å²) in [5, 5.41) is 9.21. The summed E-state index contributed by atoms with van der Waals surface area (Å²) in [5.74, 6) is -2.47. The van der Waals surface area contributed by atoms with E-state index in [1.165, 1.54) is 0 Å². The first-order valence-corrected chi connectivity index (χ1v) is 11.1. The van der Waals surface area contributed by atoms with Crippen molar-refractivity contribution in [2.75, 3.05) is 26.3 Å². The maximum atomic E-state index is 13.9. The first-order chi connectivity index (χ1) is 14.7. The summed E-state index contributed by atoms with van der Waals surface area (Å²) in [5.41, 5.74) is -1.65. The van der Waals surface area contributed by atoms with Crippen LogP contribution < -0.4 is 0 Å². The van der Waals surface area contributed by atoms with E-state index < -0.39 is 41.1 Å². The molecule has 2 amide bonds. The minimum Gasteiger partial charge on any atom is -0.465 e. The first kappa shape index (κ1) is 22.0. The van der Waals surface area contributed by atoms with Crippen LogP contribution in [0.5, 0.6) is 0 Å². The first-order valence-electron chi connectivity index (χ1n) is 11.1. The molecule has 8 heteroatoms. The Morgan fingerprint density at radius 2 is 1.94 bits per heavy atom. The number of unbranched alkanes of at least 4 members (excludes halogenated alkanes) is 1. The molecule has 1 N–H and O–H groups in total. The summed E-state index contributed by atoms with van der Waals surface area (Å²) in [6.45, 7) is 6.90. The molecule has 0 aromatic rings. The van der Waals surface area contributed by atoms with E-state index in [4.69, 9.17) is 9.47 Å². The van der Waals surface area contributed by atoms with E-state index >= 15 is 0 Å². The molecule has 31 heavy (non-hydrogen) atoms. The van der Waals surface area contributed by atoms with Crippen molar-refractivity contribution in [1.82, 2.24) is 9.80 Å². The number of amides is 2. The van der Waals surface area contributed by atoms with Crippen LogP contribution in [0.25, 0.3) is 0 Å². The molecule has 4 aliphatic heterocycles. The van der Waals surface area contributed by atoms with Gasteiger partial charge in [0.1, 0.15) is 17.6 Å². The third-order valence-corrected chi connectivity index (χ3v) is 6.74. The quantitative estimate of drug-likeness (QED) is 0.405. The van der Waals surface area contributed by atoms with Gasteiger partial charge in [-0.1, -0.05) is 24.3 Å². The lowest BCUT2D eigenvalue weighted by Crippen LogP contribution is -2.58. The summed E-state index contributed by atoms with van der Waals surface area (Å²) >= 11 is 0. The molecule has 0 aromatic carbocycles. The number of carbonyl (C=O) groups excluding carboxylic acids is 3. The van der Waals surface area contributed by atoms with Crippen LogP contribution in [0.3, 0.4) is 0 Å². The van der Waals surface area contributed by atoms with Gasteiger partial charge in [0.2, 0.25) is 11.8 Å². The van der Waals surface area contributed by atoms with Gasteiger partial charge in [0.25, 0.3) is 0 Å². The Labute approximate surface area is 182 Å². The van der Waals surface area contributed by atoms with Gasteiger partial charge in [-0.05, 0) is 40.0 Å². The van der Waals surface area contributed by atoms with Crippen molar-refractivity contribution in [1.29, 1.82) is 0 Å². The van der Waals surface area contributed by atoms with E-state index in [1.807, 2.05) is 45.1 Å². The Morgan fingerprint density at radius 3 is 2.65 bits per heavy atom. The Morgan fingerprint density at radius 1 is 1.16 bits per heavy atom. The van der Waals surface area contributed by atoms with Gasteiger partial charge >= 0.3 is 5.97 Å². The molecule has 4 heterocycles. The number of hydrogen-bond donors (Lipinski definition) is 1. The molecule has 0 radical (unpaired) electrons. The zero-order valence-electron chi connectivity index (χ0n) is 18.5. The van der Waals surface area contributed by atoms with Gasteiger partial charge < -0.3 is 24.4 Å². The largest absolute Gasteiger partial charge is 0.465 e. The lowest BCUT2D eigenvalue weighted by Gasteiger charge is -2.40. The molecule has 2 saturated heterocycles. The van der Waals surface area contributed by atoms with Crippen LogP contribution in [0.4, 0.5) is 0 Å². The van der Waals surface area contributed by atoms with Crippen LogP contribution in [-0.4, -0.2) is 82.3 Å². The highest BCUT2D eigenvalue weighted by molar-refractivity contribution is 5.99. The van der Waals surface area contributed by atoms with Gasteiger partial charge in [-0.3, -0.25) is 14.4 Å². The number of cyclic esters (lactones) is 1. The molecule has 170 valence electrons. The number of aliphatic hydroxyl groups is 1. The molecule has 5 atom stereocenters. The van der Waals surface area contributed by atoms with Crippen LogP contribution in [0.1, 0.15) is 40.0 Å². The lowest BCUT2D eigenvalue weighted by molar-refractivity contribution is -0.155. The maximum absolute atomic E-state index is 13.9. The van der Waals surface area contributed by atoms with Gasteiger partial charge in [0.05, 0.1) is 18.6 Å². The minimum atomic E-state index is -1.21. The van der Waals surface area contributed by atoms with E-state index in [0.717, 1.165) is 0 Å². The van der Waals surface area contributed by atoms with Crippen molar-refractivity contribution in [2.45, 2.75) is 63.3 Å². The van der Waals surface area contributed by atoms with E-state index in [0.29, 0.717) is 32.4 Å². The maximum Gasteiger partial charge on any atom is 0.312 e. The van der Waals surface area contributed by atoms with Crippen molar-refractivity contribution >= 4 is 17.8 Å². The molecule has 2 fully saturated rings. The summed E-state index contributed by atoms with van der Waals surface area (Å²) < 4.78 is 11.9. The summed E-state index contributed by atoms with van der Waals surface area (Å²) in [7, 11) is 0.